The molecule has 5 heteroatoms. The van der Waals surface area contributed by atoms with Gasteiger partial charge in [0, 0.05) is 46.2 Å². The van der Waals surface area contributed by atoms with Gasteiger partial charge in [0.2, 0.25) is 0 Å². The third-order valence-corrected chi connectivity index (χ3v) is 4.39. The number of carboxylic acids is 1. The van der Waals surface area contributed by atoms with Crippen molar-refractivity contribution in [3.63, 3.8) is 0 Å². The molecule has 0 atom stereocenters. The average molecular weight is 344 g/mol. The highest BCUT2D eigenvalue weighted by molar-refractivity contribution is 6.09. The first-order chi connectivity index (χ1) is 12.7. The van der Waals surface area contributed by atoms with E-state index in [1.807, 2.05) is 42.6 Å². The Morgan fingerprint density at radius 1 is 1.04 bits per heavy atom. The number of pyridine rings is 1. The van der Waals surface area contributed by atoms with Gasteiger partial charge in [0.15, 0.2) is 0 Å². The van der Waals surface area contributed by atoms with E-state index in [-0.39, 0.29) is 5.56 Å². The van der Waals surface area contributed by atoms with Crippen LogP contribution in [-0.4, -0.2) is 28.2 Å². The first-order valence-electron chi connectivity index (χ1n) is 8.10. The van der Waals surface area contributed by atoms with Gasteiger partial charge in [-0.1, -0.05) is 18.2 Å². The second-order valence-corrected chi connectivity index (χ2v) is 5.93. The van der Waals surface area contributed by atoms with Crippen molar-refractivity contribution < 1.29 is 14.6 Å². The summed E-state index contributed by atoms with van der Waals surface area (Å²) in [7, 11) is 1.63. The van der Waals surface area contributed by atoms with Crippen LogP contribution in [0, 0.1) is 0 Å². The van der Waals surface area contributed by atoms with Crippen LogP contribution < -0.4 is 4.74 Å². The Labute approximate surface area is 149 Å². The molecule has 0 saturated carbocycles. The molecular weight excluding hydrogens is 328 g/mol. The van der Waals surface area contributed by atoms with Crippen molar-refractivity contribution in [2.75, 3.05) is 7.11 Å². The van der Waals surface area contributed by atoms with Gasteiger partial charge in [-0.3, -0.25) is 4.98 Å². The number of nitrogens with one attached hydrogen (secondary N) is 1. The number of methoxy groups -OCH3 is 1. The molecule has 2 heterocycles. The van der Waals surface area contributed by atoms with E-state index in [9.17, 15) is 9.90 Å². The molecule has 2 aromatic carbocycles. The Hall–Kier alpha value is -3.60. The predicted molar refractivity (Wildman–Crippen MR) is 100 cm³/mol. The molecule has 128 valence electrons. The maximum Gasteiger partial charge on any atom is 0.336 e. The Bertz CT molecular complexity index is 1120. The van der Waals surface area contributed by atoms with E-state index in [2.05, 4.69) is 9.97 Å². The summed E-state index contributed by atoms with van der Waals surface area (Å²) < 4.78 is 5.29. The highest BCUT2D eigenvalue weighted by atomic mass is 16.5. The van der Waals surface area contributed by atoms with Crippen LogP contribution in [0.2, 0.25) is 0 Å². The van der Waals surface area contributed by atoms with Gasteiger partial charge in [-0.15, -0.1) is 0 Å². The molecule has 0 amide bonds. The van der Waals surface area contributed by atoms with E-state index < -0.39 is 5.97 Å². The lowest BCUT2D eigenvalue weighted by Gasteiger charge is -2.07. The first-order valence-corrected chi connectivity index (χ1v) is 8.10. The topological polar surface area (TPSA) is 75.2 Å². The quantitative estimate of drug-likeness (QED) is 0.567. The fraction of sp³-hybridized carbons (Fsp3) is 0.0476. The molecule has 26 heavy (non-hydrogen) atoms. The van der Waals surface area contributed by atoms with Gasteiger partial charge in [0.25, 0.3) is 0 Å². The highest BCUT2D eigenvalue weighted by Gasteiger charge is 2.15. The Kier molecular flexibility index (Phi) is 3.89. The number of benzene rings is 2. The maximum atomic E-state index is 11.6. The van der Waals surface area contributed by atoms with Gasteiger partial charge in [-0.25, -0.2) is 4.79 Å². The molecule has 0 unspecified atom stereocenters. The van der Waals surface area contributed by atoms with E-state index >= 15 is 0 Å². The van der Waals surface area contributed by atoms with Crippen LogP contribution in [0.15, 0.2) is 67.1 Å². The number of aromatic carboxylic acids is 1. The lowest BCUT2D eigenvalue weighted by Crippen LogP contribution is -1.97. The smallest absolute Gasteiger partial charge is 0.336 e. The molecule has 2 N–H and O–H groups in total. The Balaban J connectivity index is 1.87. The summed E-state index contributed by atoms with van der Waals surface area (Å²) in [6, 6.07) is 15.0. The third-order valence-electron chi connectivity index (χ3n) is 4.39. The van der Waals surface area contributed by atoms with Crippen molar-refractivity contribution in [2.24, 2.45) is 0 Å². The number of aromatic nitrogens is 2. The fourth-order valence-electron chi connectivity index (χ4n) is 3.14. The van der Waals surface area contributed by atoms with Crippen molar-refractivity contribution in [1.29, 1.82) is 0 Å². The average Bonchev–Trinajstić information content (AvgIpc) is 3.12. The summed E-state index contributed by atoms with van der Waals surface area (Å²) >= 11 is 0. The molecule has 0 aliphatic carbocycles. The minimum absolute atomic E-state index is 0.269. The van der Waals surface area contributed by atoms with Crippen LogP contribution in [-0.2, 0) is 0 Å². The second-order valence-electron chi connectivity index (χ2n) is 5.93. The number of H-pyrrole nitrogens is 1. The fourth-order valence-corrected chi connectivity index (χ4v) is 3.14. The molecule has 4 rings (SSSR count). The molecule has 2 aromatic heterocycles. The molecule has 0 aliphatic heterocycles. The predicted octanol–water partition coefficient (Wildman–Crippen LogP) is 4.60. The number of rotatable bonds is 4. The lowest BCUT2D eigenvalue weighted by molar-refractivity contribution is 0.0699. The van der Waals surface area contributed by atoms with Gasteiger partial charge < -0.3 is 14.8 Å². The number of hydrogen-bond donors (Lipinski definition) is 2. The minimum atomic E-state index is -0.951. The first kappa shape index (κ1) is 15.9. The van der Waals surface area contributed by atoms with Crippen LogP contribution in [0.1, 0.15) is 10.4 Å². The molecule has 0 saturated heterocycles. The van der Waals surface area contributed by atoms with Crippen LogP contribution >= 0.6 is 0 Å². The van der Waals surface area contributed by atoms with Gasteiger partial charge in [0.05, 0.1) is 12.7 Å². The van der Waals surface area contributed by atoms with Crippen LogP contribution in [0.5, 0.6) is 5.75 Å². The number of ether oxygens (including phenoxy) is 1. The zero-order valence-corrected chi connectivity index (χ0v) is 14.1. The molecule has 0 bridgehead atoms. The summed E-state index contributed by atoms with van der Waals surface area (Å²) in [5.41, 5.74) is 4.64. The van der Waals surface area contributed by atoms with E-state index in [0.717, 1.165) is 33.5 Å². The third kappa shape index (κ3) is 2.69. The van der Waals surface area contributed by atoms with Gasteiger partial charge >= 0.3 is 5.97 Å². The molecule has 0 fully saturated rings. The summed E-state index contributed by atoms with van der Waals surface area (Å²) in [6.45, 7) is 0. The van der Waals surface area contributed by atoms with Crippen LogP contribution in [0.4, 0.5) is 0 Å². The van der Waals surface area contributed by atoms with Gasteiger partial charge in [-0.2, -0.15) is 0 Å². The molecule has 5 nitrogen and oxygen atoms in total. The van der Waals surface area contributed by atoms with Crippen molar-refractivity contribution in [3.05, 3.63) is 72.7 Å². The molecular formula is C21H16N2O3. The summed E-state index contributed by atoms with van der Waals surface area (Å²) in [6.07, 6.45) is 5.35. The van der Waals surface area contributed by atoms with Gasteiger partial charge in [0.1, 0.15) is 5.75 Å². The number of aromatic amines is 1. The monoisotopic (exact) mass is 344 g/mol. The van der Waals surface area contributed by atoms with Crippen molar-refractivity contribution >= 4 is 16.9 Å². The lowest BCUT2D eigenvalue weighted by atomic mass is 9.99. The van der Waals surface area contributed by atoms with Crippen LogP contribution in [0.25, 0.3) is 33.2 Å². The standard InChI is InChI=1S/C21H16N2O3/c1-26-16-5-2-4-13(9-16)14-8-15(11-22-10-14)18-12-23-19-7-3-6-17(20(18)19)21(24)25/h2-12,23H,1H3,(H,24,25). The van der Waals surface area contributed by atoms with Crippen molar-refractivity contribution in [3.8, 4) is 28.0 Å². The number of carbonyl (C=O) groups is 1. The van der Waals surface area contributed by atoms with Crippen molar-refractivity contribution in [1.82, 2.24) is 9.97 Å². The van der Waals surface area contributed by atoms with E-state index in [1.165, 1.54) is 0 Å². The largest absolute Gasteiger partial charge is 0.497 e. The SMILES string of the molecule is COc1cccc(-c2cncc(-c3c[nH]c4cccc(C(=O)O)c34)c2)c1. The normalized spacial score (nSPS) is 10.8. The maximum absolute atomic E-state index is 11.6. The van der Waals surface area contributed by atoms with E-state index in [1.54, 1.807) is 31.6 Å². The molecule has 4 aromatic rings. The Morgan fingerprint density at radius 2 is 1.85 bits per heavy atom. The summed E-state index contributed by atoms with van der Waals surface area (Å²) in [4.78, 5) is 19.1. The van der Waals surface area contributed by atoms with Gasteiger partial charge in [-0.05, 0) is 35.9 Å². The summed E-state index contributed by atoms with van der Waals surface area (Å²) in [5.74, 6) is -0.179. The Morgan fingerprint density at radius 3 is 2.65 bits per heavy atom. The second kappa shape index (κ2) is 6.37. The highest BCUT2D eigenvalue weighted by Crippen LogP contribution is 2.33. The molecule has 0 radical (unpaired) electrons. The zero-order chi connectivity index (χ0) is 18.1. The molecule has 0 aliphatic rings. The zero-order valence-electron chi connectivity index (χ0n) is 14.1. The number of nitrogens with zero attached hydrogens (tertiary/aromatic N) is 1. The van der Waals surface area contributed by atoms with Crippen molar-refractivity contribution in [2.45, 2.75) is 0 Å². The number of hydrogen-bond acceptors (Lipinski definition) is 3. The minimum Gasteiger partial charge on any atom is -0.497 e. The number of carboxylic acid groups (broad SMARTS) is 1. The van der Waals surface area contributed by atoms with E-state index in [0.29, 0.717) is 5.39 Å². The van der Waals surface area contributed by atoms with Crippen LogP contribution in [0.3, 0.4) is 0 Å². The molecule has 0 spiro atoms. The number of fused-ring (bicyclic) bond motifs is 1. The van der Waals surface area contributed by atoms with E-state index in [4.69, 9.17) is 4.74 Å². The summed E-state index contributed by atoms with van der Waals surface area (Å²) in [5, 5.41) is 10.2.